The van der Waals surface area contributed by atoms with Crippen LogP contribution >= 0.6 is 0 Å². The molecular weight excluding hydrogens is 411 g/mol. The van der Waals surface area contributed by atoms with Crippen molar-refractivity contribution in [3.05, 3.63) is 81.0 Å². The van der Waals surface area contributed by atoms with Crippen LogP contribution in [0.3, 0.4) is 0 Å². The van der Waals surface area contributed by atoms with E-state index in [9.17, 15) is 14.0 Å². The van der Waals surface area contributed by atoms with Gasteiger partial charge in [0, 0.05) is 13.0 Å². The number of hydrogen-bond donors (Lipinski definition) is 1. The molecule has 1 fully saturated rings. The number of fused-ring (bicyclic) bond motifs is 2. The molecule has 7 heteroatoms. The summed E-state index contributed by atoms with van der Waals surface area (Å²) >= 11 is 0. The van der Waals surface area contributed by atoms with Gasteiger partial charge in [0.1, 0.15) is 24.5 Å². The fourth-order valence-electron chi connectivity index (χ4n) is 4.77. The summed E-state index contributed by atoms with van der Waals surface area (Å²) in [5, 5.41) is 0.461. The van der Waals surface area contributed by atoms with Crippen LogP contribution in [0, 0.1) is 12.7 Å². The van der Waals surface area contributed by atoms with Crippen molar-refractivity contribution in [2.24, 2.45) is 0 Å². The first-order valence-corrected chi connectivity index (χ1v) is 11.1. The van der Waals surface area contributed by atoms with Crippen molar-refractivity contribution in [3.63, 3.8) is 0 Å². The van der Waals surface area contributed by atoms with E-state index in [-0.39, 0.29) is 22.9 Å². The van der Waals surface area contributed by atoms with Crippen LogP contribution < -0.4 is 10.3 Å². The zero-order valence-electron chi connectivity index (χ0n) is 18.0. The van der Waals surface area contributed by atoms with Gasteiger partial charge in [-0.1, -0.05) is 23.8 Å². The Morgan fingerprint density at radius 2 is 1.84 bits per heavy atom. The van der Waals surface area contributed by atoms with E-state index in [1.54, 1.807) is 29.2 Å². The second kappa shape index (κ2) is 8.48. The van der Waals surface area contributed by atoms with E-state index in [0.29, 0.717) is 28.6 Å². The monoisotopic (exact) mass is 437 g/mol. The molecule has 0 radical (unpaired) electrons. The highest BCUT2D eigenvalue weighted by molar-refractivity contribution is 5.99. The Morgan fingerprint density at radius 1 is 1.09 bits per heavy atom. The number of morpholine rings is 1. The molecular formula is C25H26FN2O4+. The van der Waals surface area contributed by atoms with E-state index in [2.05, 4.69) is 0 Å². The predicted molar refractivity (Wildman–Crippen MR) is 118 cm³/mol. The van der Waals surface area contributed by atoms with E-state index in [1.807, 2.05) is 13.0 Å². The maximum absolute atomic E-state index is 13.6. The molecule has 1 amide bonds. The lowest BCUT2D eigenvalue weighted by Gasteiger charge is -2.27. The number of rotatable bonds is 5. The molecule has 6 nitrogen and oxygen atoms in total. The van der Waals surface area contributed by atoms with Gasteiger partial charge in [0.05, 0.1) is 36.8 Å². The zero-order chi connectivity index (χ0) is 22.2. The van der Waals surface area contributed by atoms with Crippen molar-refractivity contribution in [1.29, 1.82) is 0 Å². The summed E-state index contributed by atoms with van der Waals surface area (Å²) < 4.78 is 25.0. The molecule has 1 aromatic heterocycles. The highest BCUT2D eigenvalue weighted by atomic mass is 19.1. The highest BCUT2D eigenvalue weighted by Gasteiger charge is 2.42. The number of ether oxygens (including phenoxy) is 1. The van der Waals surface area contributed by atoms with Crippen LogP contribution in [0.4, 0.5) is 4.39 Å². The molecule has 0 unspecified atom stereocenters. The molecule has 1 N–H and O–H groups in total. The van der Waals surface area contributed by atoms with Gasteiger partial charge >= 0.3 is 0 Å². The van der Waals surface area contributed by atoms with Crippen LogP contribution in [0.5, 0.6) is 0 Å². The average molecular weight is 437 g/mol. The maximum atomic E-state index is 13.6. The van der Waals surface area contributed by atoms with Crippen LogP contribution in [-0.2, 0) is 4.74 Å². The van der Waals surface area contributed by atoms with Crippen molar-refractivity contribution in [1.82, 2.24) is 4.90 Å². The van der Waals surface area contributed by atoms with Crippen LogP contribution in [0.15, 0.2) is 51.7 Å². The number of carbonyl (C=O) groups excluding carboxylic acids is 1. The van der Waals surface area contributed by atoms with Crippen molar-refractivity contribution < 1.29 is 23.2 Å². The van der Waals surface area contributed by atoms with Gasteiger partial charge in [-0.3, -0.25) is 9.59 Å². The second-order valence-corrected chi connectivity index (χ2v) is 8.59. The predicted octanol–water partition coefficient (Wildman–Crippen LogP) is 2.09. The number of benzene rings is 2. The number of quaternary nitrogens is 1. The summed E-state index contributed by atoms with van der Waals surface area (Å²) in [6, 6.07) is 10.8. The van der Waals surface area contributed by atoms with Gasteiger partial charge in [0.15, 0.2) is 5.43 Å². The fraction of sp³-hybridized carbons (Fsp3) is 0.360. The molecule has 3 heterocycles. The van der Waals surface area contributed by atoms with E-state index in [1.165, 1.54) is 17.0 Å². The highest BCUT2D eigenvalue weighted by Crippen LogP contribution is 2.38. The maximum Gasteiger partial charge on any atom is 0.290 e. The minimum atomic E-state index is -0.584. The quantitative estimate of drug-likeness (QED) is 0.664. The van der Waals surface area contributed by atoms with Gasteiger partial charge in [-0.2, -0.15) is 0 Å². The standard InChI is InChI=1S/C25H25FN2O4/c1-16-3-8-20-19(15-16)23(29)21-22(17-4-6-18(26)7-5-17)28(25(30)24(21)32-20)10-2-9-27-11-13-31-14-12-27/h3-8,15,22H,2,9-14H2,1H3/p+1/t22-/m0/s1. The van der Waals surface area contributed by atoms with Gasteiger partial charge in [0.2, 0.25) is 5.76 Å². The summed E-state index contributed by atoms with van der Waals surface area (Å²) in [7, 11) is 0. The van der Waals surface area contributed by atoms with Gasteiger partial charge < -0.3 is 19.0 Å². The van der Waals surface area contributed by atoms with Crippen LogP contribution in [0.2, 0.25) is 0 Å². The summed E-state index contributed by atoms with van der Waals surface area (Å²) in [6.07, 6.45) is 0.791. The number of nitrogens with zero attached hydrogens (tertiary/aromatic N) is 1. The van der Waals surface area contributed by atoms with E-state index in [4.69, 9.17) is 9.15 Å². The molecule has 32 heavy (non-hydrogen) atoms. The lowest BCUT2D eigenvalue weighted by atomic mass is 9.98. The van der Waals surface area contributed by atoms with Gasteiger partial charge in [-0.25, -0.2) is 4.39 Å². The SMILES string of the molecule is Cc1ccc2oc3c(c(=O)c2c1)[C@H](c1ccc(F)cc1)N(CCC[NH+]1CCOCC1)C3=O. The number of nitrogens with one attached hydrogen (secondary N) is 1. The number of halogens is 1. The van der Waals surface area contributed by atoms with E-state index >= 15 is 0 Å². The molecule has 5 rings (SSSR count). The molecule has 1 saturated heterocycles. The molecule has 1 atom stereocenters. The summed E-state index contributed by atoms with van der Waals surface area (Å²) in [6.45, 7) is 6.75. The molecule has 2 aliphatic rings. The first-order valence-electron chi connectivity index (χ1n) is 11.1. The first-order chi connectivity index (χ1) is 15.5. The Hall–Kier alpha value is -3.03. The molecule has 2 aliphatic heterocycles. The largest absolute Gasteiger partial charge is 0.450 e. The summed E-state index contributed by atoms with van der Waals surface area (Å²) in [4.78, 5) is 30.0. The minimum absolute atomic E-state index is 0.0967. The van der Waals surface area contributed by atoms with Crippen LogP contribution in [-0.4, -0.2) is 50.2 Å². The third-order valence-electron chi connectivity index (χ3n) is 6.44. The van der Waals surface area contributed by atoms with Crippen molar-refractivity contribution in [2.75, 3.05) is 39.4 Å². The Bertz CT molecular complexity index is 1220. The Balaban J connectivity index is 1.53. The van der Waals surface area contributed by atoms with Gasteiger partial charge in [0.25, 0.3) is 5.91 Å². The number of aryl methyl sites for hydroxylation is 1. The normalized spacial score (nSPS) is 19.0. The number of carbonyl (C=O) groups is 1. The zero-order valence-corrected chi connectivity index (χ0v) is 18.0. The first kappa shape index (κ1) is 20.8. The molecule has 0 bridgehead atoms. The molecule has 0 spiro atoms. The smallest absolute Gasteiger partial charge is 0.290 e. The third-order valence-corrected chi connectivity index (χ3v) is 6.44. The average Bonchev–Trinajstić information content (AvgIpc) is 3.08. The fourth-order valence-corrected chi connectivity index (χ4v) is 4.77. The third kappa shape index (κ3) is 3.72. The Kier molecular flexibility index (Phi) is 5.53. The Labute approximate surface area is 185 Å². The molecule has 3 aromatic rings. The molecule has 0 saturated carbocycles. The van der Waals surface area contributed by atoms with Crippen molar-refractivity contribution >= 4 is 16.9 Å². The summed E-state index contributed by atoms with van der Waals surface area (Å²) in [5.74, 6) is -0.549. The topological polar surface area (TPSA) is 64.2 Å². The Morgan fingerprint density at radius 3 is 2.59 bits per heavy atom. The molecule has 2 aromatic carbocycles. The van der Waals surface area contributed by atoms with Crippen molar-refractivity contribution in [2.45, 2.75) is 19.4 Å². The molecule has 166 valence electrons. The molecule has 0 aliphatic carbocycles. The second-order valence-electron chi connectivity index (χ2n) is 8.59. The van der Waals surface area contributed by atoms with E-state index < -0.39 is 6.04 Å². The number of hydrogen-bond acceptors (Lipinski definition) is 4. The van der Waals surface area contributed by atoms with Crippen molar-refractivity contribution in [3.8, 4) is 0 Å². The van der Waals surface area contributed by atoms with Gasteiger partial charge in [-0.15, -0.1) is 0 Å². The minimum Gasteiger partial charge on any atom is -0.450 e. The van der Waals surface area contributed by atoms with Crippen LogP contribution in [0.25, 0.3) is 11.0 Å². The van der Waals surface area contributed by atoms with Crippen LogP contribution in [0.1, 0.15) is 39.7 Å². The number of amides is 1. The lowest BCUT2D eigenvalue weighted by Crippen LogP contribution is -3.14. The van der Waals surface area contributed by atoms with E-state index in [0.717, 1.165) is 44.8 Å². The van der Waals surface area contributed by atoms with Gasteiger partial charge in [-0.05, 0) is 36.8 Å². The lowest BCUT2D eigenvalue weighted by molar-refractivity contribution is -0.908. The summed E-state index contributed by atoms with van der Waals surface area (Å²) in [5.41, 5.74) is 2.20.